The molecule has 0 saturated carbocycles. The number of urea groups is 1. The van der Waals surface area contributed by atoms with E-state index in [4.69, 9.17) is 0 Å². The minimum Gasteiger partial charge on any atom is -0.282 e. The van der Waals surface area contributed by atoms with Crippen molar-refractivity contribution in [3.8, 4) is 0 Å². The van der Waals surface area contributed by atoms with Crippen LogP contribution in [0.5, 0.6) is 0 Å². The van der Waals surface area contributed by atoms with Gasteiger partial charge in [-0.25, -0.2) is 14.8 Å². The van der Waals surface area contributed by atoms with E-state index < -0.39 is 6.04 Å². The maximum Gasteiger partial charge on any atom is 0.331 e. The molecule has 0 bridgehead atoms. The Bertz CT molecular complexity index is 346. The Balaban J connectivity index is 2.41. The van der Waals surface area contributed by atoms with E-state index in [1.54, 1.807) is 7.05 Å². The Hall–Kier alpha value is -1.72. The summed E-state index contributed by atoms with van der Waals surface area (Å²) in [7, 11) is 2.98. The largest absolute Gasteiger partial charge is 0.331 e. The van der Waals surface area contributed by atoms with Crippen molar-refractivity contribution in [1.29, 1.82) is 0 Å². The van der Waals surface area contributed by atoms with Gasteiger partial charge in [-0.15, -0.1) is 0 Å². The zero-order valence-corrected chi connectivity index (χ0v) is 7.18. The summed E-state index contributed by atoms with van der Waals surface area (Å²) in [5.74, 6) is -0.0000463. The first kappa shape index (κ1) is 7.90. The average molecular weight is 179 g/mol. The monoisotopic (exact) mass is 179 g/mol. The lowest BCUT2D eigenvalue weighted by atomic mass is 10.2. The molecule has 13 heavy (non-hydrogen) atoms. The molecule has 1 atom stereocenters. The van der Waals surface area contributed by atoms with Crippen LogP contribution in [0.3, 0.4) is 0 Å². The molecule has 0 aliphatic carbocycles. The van der Waals surface area contributed by atoms with Crippen molar-refractivity contribution in [3.63, 3.8) is 0 Å². The molecule has 0 N–H and O–H groups in total. The van der Waals surface area contributed by atoms with Gasteiger partial charge in [0.05, 0.1) is 0 Å². The molecular formula is C7H7N4O2. The minimum atomic E-state index is -0.673. The average Bonchev–Trinajstić information content (AvgIpc) is 2.59. The van der Waals surface area contributed by atoms with E-state index in [2.05, 4.69) is 16.3 Å². The quantitative estimate of drug-likeness (QED) is 0.488. The number of rotatable bonds is 0. The number of nitrogens with zero attached hydrogens (tertiary/aromatic N) is 4. The second-order valence-corrected chi connectivity index (χ2v) is 2.84. The number of imide groups is 1. The molecule has 6 nitrogen and oxygen atoms in total. The normalized spacial score (nSPS) is 26.6. The summed E-state index contributed by atoms with van der Waals surface area (Å²) in [6, 6.07) is -1.06. The molecule has 0 spiro atoms. The summed E-state index contributed by atoms with van der Waals surface area (Å²) in [6.07, 6.45) is 2.34. The van der Waals surface area contributed by atoms with E-state index >= 15 is 0 Å². The fourth-order valence-corrected chi connectivity index (χ4v) is 1.28. The third kappa shape index (κ3) is 0.881. The Labute approximate surface area is 74.6 Å². The van der Waals surface area contributed by atoms with Crippen LogP contribution in [0.25, 0.3) is 0 Å². The molecule has 1 saturated heterocycles. The van der Waals surface area contributed by atoms with E-state index in [1.165, 1.54) is 11.9 Å². The molecule has 1 unspecified atom stereocenters. The van der Waals surface area contributed by atoms with E-state index in [9.17, 15) is 9.59 Å². The van der Waals surface area contributed by atoms with Crippen LogP contribution in [0.2, 0.25) is 0 Å². The molecule has 1 radical (unpaired) electrons. The fourth-order valence-electron chi connectivity index (χ4n) is 1.28. The second-order valence-electron chi connectivity index (χ2n) is 2.84. The number of aliphatic imine (C=N–C) groups is 2. The second kappa shape index (κ2) is 2.38. The van der Waals surface area contributed by atoms with Crippen LogP contribution in [-0.2, 0) is 4.79 Å². The van der Waals surface area contributed by atoms with E-state index in [0.29, 0.717) is 5.84 Å². The molecule has 67 valence electrons. The van der Waals surface area contributed by atoms with Crippen molar-refractivity contribution in [3.05, 3.63) is 0 Å². The molecule has 2 heterocycles. The van der Waals surface area contributed by atoms with Crippen LogP contribution in [0.1, 0.15) is 0 Å². The van der Waals surface area contributed by atoms with Crippen LogP contribution in [0, 0.1) is 0 Å². The van der Waals surface area contributed by atoms with E-state index in [0.717, 1.165) is 4.90 Å². The highest BCUT2D eigenvalue weighted by atomic mass is 16.2. The summed E-state index contributed by atoms with van der Waals surface area (Å²) >= 11 is 0. The summed E-state index contributed by atoms with van der Waals surface area (Å²) in [5, 5.41) is 0. The lowest BCUT2D eigenvalue weighted by Gasteiger charge is -2.31. The fraction of sp³-hybridized carbons (Fsp3) is 0.429. The number of carbonyl (C=O) groups excluding carboxylic acids is 2. The van der Waals surface area contributed by atoms with Gasteiger partial charge in [-0.1, -0.05) is 0 Å². The third-order valence-electron chi connectivity index (χ3n) is 2.08. The maximum absolute atomic E-state index is 11.4. The highest BCUT2D eigenvalue weighted by Crippen LogP contribution is 2.15. The Kier molecular flexibility index (Phi) is 1.45. The molecule has 0 aromatic heterocycles. The van der Waals surface area contributed by atoms with Crippen molar-refractivity contribution in [2.75, 3.05) is 14.1 Å². The summed E-state index contributed by atoms with van der Waals surface area (Å²) in [4.78, 5) is 32.6. The van der Waals surface area contributed by atoms with Crippen LogP contribution < -0.4 is 0 Å². The third-order valence-corrected chi connectivity index (χ3v) is 2.08. The highest BCUT2D eigenvalue weighted by Gasteiger charge is 2.42. The number of amides is 3. The molecule has 3 amide bonds. The summed E-state index contributed by atoms with van der Waals surface area (Å²) in [6.45, 7) is 0. The molecule has 0 aromatic carbocycles. The number of hydrogen-bond donors (Lipinski definition) is 0. The predicted molar refractivity (Wildman–Crippen MR) is 44.6 cm³/mol. The zero-order valence-electron chi connectivity index (χ0n) is 7.18. The first-order chi connectivity index (χ1) is 6.13. The molecule has 0 aromatic rings. The molecule has 2 aliphatic rings. The van der Waals surface area contributed by atoms with Crippen molar-refractivity contribution in [1.82, 2.24) is 9.80 Å². The minimum absolute atomic E-state index is 0.355. The number of fused-ring (bicyclic) bond motifs is 1. The van der Waals surface area contributed by atoms with Gasteiger partial charge in [-0.3, -0.25) is 14.6 Å². The number of likely N-dealkylation sites (N-methyl/N-ethyl adjacent to an activating group) is 2. The van der Waals surface area contributed by atoms with Gasteiger partial charge in [0.2, 0.25) is 0 Å². The van der Waals surface area contributed by atoms with Crippen LogP contribution in [0.4, 0.5) is 4.79 Å². The number of amidine groups is 1. The zero-order chi connectivity index (χ0) is 9.59. The van der Waals surface area contributed by atoms with E-state index in [-0.39, 0.29) is 11.9 Å². The van der Waals surface area contributed by atoms with Gasteiger partial charge in [0.1, 0.15) is 5.84 Å². The van der Waals surface area contributed by atoms with Crippen LogP contribution in [0.15, 0.2) is 9.98 Å². The van der Waals surface area contributed by atoms with Crippen molar-refractivity contribution in [2.24, 2.45) is 9.98 Å². The first-order valence-corrected chi connectivity index (χ1v) is 3.70. The van der Waals surface area contributed by atoms with Gasteiger partial charge < -0.3 is 0 Å². The van der Waals surface area contributed by atoms with Gasteiger partial charge in [-0.2, -0.15) is 0 Å². The first-order valence-electron chi connectivity index (χ1n) is 3.70. The van der Waals surface area contributed by atoms with Crippen LogP contribution >= 0.6 is 0 Å². The Morgan fingerprint density at radius 3 is 2.69 bits per heavy atom. The topological polar surface area (TPSA) is 65.3 Å². The van der Waals surface area contributed by atoms with Crippen molar-refractivity contribution >= 4 is 24.1 Å². The van der Waals surface area contributed by atoms with Crippen molar-refractivity contribution < 1.29 is 9.59 Å². The molecule has 2 rings (SSSR count). The van der Waals surface area contributed by atoms with Gasteiger partial charge in [0.25, 0.3) is 5.91 Å². The Morgan fingerprint density at radius 2 is 2.00 bits per heavy atom. The van der Waals surface area contributed by atoms with E-state index in [1.807, 2.05) is 0 Å². The maximum atomic E-state index is 11.4. The number of carbonyl (C=O) groups is 2. The Morgan fingerprint density at radius 1 is 1.31 bits per heavy atom. The summed E-state index contributed by atoms with van der Waals surface area (Å²) in [5.41, 5.74) is 0. The van der Waals surface area contributed by atoms with Crippen LogP contribution in [-0.4, -0.2) is 54.0 Å². The smallest absolute Gasteiger partial charge is 0.282 e. The molecule has 2 aliphatic heterocycles. The predicted octanol–water partition coefficient (Wildman–Crippen LogP) is -0.804. The standard InChI is InChI=1S/C7H7N4O2/c1-10-5-4(8-3-9-5)6(12)11(2)7(10)13/h4H,1-2H3. The van der Waals surface area contributed by atoms with Crippen molar-refractivity contribution in [2.45, 2.75) is 6.04 Å². The lowest BCUT2D eigenvalue weighted by molar-refractivity contribution is -0.128. The summed E-state index contributed by atoms with van der Waals surface area (Å²) < 4.78 is 0. The molecule has 6 heteroatoms. The van der Waals surface area contributed by atoms with Gasteiger partial charge in [0.15, 0.2) is 12.4 Å². The van der Waals surface area contributed by atoms with Gasteiger partial charge in [0, 0.05) is 14.1 Å². The lowest BCUT2D eigenvalue weighted by Crippen LogP contribution is -2.58. The molecule has 1 fully saturated rings. The SMILES string of the molecule is CN1C(=O)C2N=[C]N=C2N(C)C1=O. The van der Waals surface area contributed by atoms with Gasteiger partial charge >= 0.3 is 6.03 Å². The highest BCUT2D eigenvalue weighted by molar-refractivity contribution is 6.23. The molecular weight excluding hydrogens is 172 g/mol. The van der Waals surface area contributed by atoms with Gasteiger partial charge in [-0.05, 0) is 0 Å². The number of hydrogen-bond acceptors (Lipinski definition) is 4.